The molecule has 3 nitrogen and oxygen atoms in total. The third kappa shape index (κ3) is 1.89. The zero-order valence-corrected chi connectivity index (χ0v) is 9.07. The van der Waals surface area contributed by atoms with Gasteiger partial charge in [-0.1, -0.05) is 17.7 Å². The zero-order chi connectivity index (χ0) is 10.8. The summed E-state index contributed by atoms with van der Waals surface area (Å²) in [5.41, 5.74) is 2.58. The standard InChI is InChI=1S/C11H11ClN2O/c1-8-5-13-14(6-8)11-4-2-3-10(12)9(11)7-15/h2-6,15H,7H2,1H3. The van der Waals surface area contributed by atoms with Gasteiger partial charge in [0.2, 0.25) is 0 Å². The molecular formula is C11H11ClN2O. The molecule has 0 saturated heterocycles. The SMILES string of the molecule is Cc1cnn(-c2cccc(Cl)c2CO)c1. The highest BCUT2D eigenvalue weighted by Crippen LogP contribution is 2.22. The summed E-state index contributed by atoms with van der Waals surface area (Å²) in [6.07, 6.45) is 3.66. The van der Waals surface area contributed by atoms with Crippen LogP contribution in [0.3, 0.4) is 0 Å². The van der Waals surface area contributed by atoms with Gasteiger partial charge in [-0.2, -0.15) is 5.10 Å². The van der Waals surface area contributed by atoms with Crippen LogP contribution in [0.4, 0.5) is 0 Å². The van der Waals surface area contributed by atoms with E-state index in [-0.39, 0.29) is 6.61 Å². The molecule has 0 fully saturated rings. The highest BCUT2D eigenvalue weighted by atomic mass is 35.5. The fraction of sp³-hybridized carbons (Fsp3) is 0.182. The van der Waals surface area contributed by atoms with E-state index in [1.54, 1.807) is 16.9 Å². The summed E-state index contributed by atoms with van der Waals surface area (Å²) in [5, 5.41) is 14.0. The number of aliphatic hydroxyl groups is 1. The Morgan fingerprint density at radius 3 is 2.87 bits per heavy atom. The average molecular weight is 223 g/mol. The van der Waals surface area contributed by atoms with Gasteiger partial charge in [-0.15, -0.1) is 0 Å². The Morgan fingerprint density at radius 2 is 2.27 bits per heavy atom. The quantitative estimate of drug-likeness (QED) is 0.847. The van der Waals surface area contributed by atoms with Gasteiger partial charge in [0, 0.05) is 16.8 Å². The molecule has 0 amide bonds. The number of aryl methyl sites for hydroxylation is 1. The van der Waals surface area contributed by atoms with E-state index < -0.39 is 0 Å². The molecule has 2 rings (SSSR count). The normalized spacial score (nSPS) is 10.6. The minimum atomic E-state index is -0.0894. The lowest BCUT2D eigenvalue weighted by Gasteiger charge is -2.08. The minimum Gasteiger partial charge on any atom is -0.392 e. The average Bonchev–Trinajstić information content (AvgIpc) is 2.64. The van der Waals surface area contributed by atoms with Crippen molar-refractivity contribution < 1.29 is 5.11 Å². The van der Waals surface area contributed by atoms with E-state index in [0.717, 1.165) is 11.3 Å². The Balaban J connectivity index is 2.57. The van der Waals surface area contributed by atoms with Gasteiger partial charge in [0.1, 0.15) is 0 Å². The van der Waals surface area contributed by atoms with Gasteiger partial charge < -0.3 is 5.11 Å². The molecule has 1 N–H and O–H groups in total. The maximum Gasteiger partial charge on any atom is 0.0717 e. The maximum atomic E-state index is 9.24. The second-order valence-corrected chi connectivity index (χ2v) is 3.77. The first-order chi connectivity index (χ1) is 7.22. The number of benzene rings is 1. The molecule has 78 valence electrons. The molecule has 0 unspecified atom stereocenters. The van der Waals surface area contributed by atoms with Crippen LogP contribution in [0.1, 0.15) is 11.1 Å². The van der Waals surface area contributed by atoms with Gasteiger partial charge in [-0.3, -0.25) is 0 Å². The predicted octanol–water partition coefficient (Wildman–Crippen LogP) is 2.33. The molecule has 2 aromatic rings. The van der Waals surface area contributed by atoms with E-state index in [9.17, 15) is 5.11 Å². The van der Waals surface area contributed by atoms with Crippen LogP contribution in [0.25, 0.3) is 5.69 Å². The number of rotatable bonds is 2. The van der Waals surface area contributed by atoms with Gasteiger partial charge in [-0.05, 0) is 24.6 Å². The highest BCUT2D eigenvalue weighted by Gasteiger charge is 2.08. The molecule has 0 aliphatic rings. The minimum absolute atomic E-state index is 0.0894. The van der Waals surface area contributed by atoms with E-state index >= 15 is 0 Å². The van der Waals surface area contributed by atoms with Crippen molar-refractivity contribution >= 4 is 11.6 Å². The van der Waals surface area contributed by atoms with Crippen molar-refractivity contribution in [2.45, 2.75) is 13.5 Å². The lowest BCUT2D eigenvalue weighted by Crippen LogP contribution is -2.00. The Labute approximate surface area is 92.9 Å². The molecule has 0 aliphatic heterocycles. The van der Waals surface area contributed by atoms with Crippen molar-refractivity contribution in [3.63, 3.8) is 0 Å². The van der Waals surface area contributed by atoms with Crippen molar-refractivity contribution in [1.29, 1.82) is 0 Å². The van der Waals surface area contributed by atoms with Gasteiger partial charge >= 0.3 is 0 Å². The summed E-state index contributed by atoms with van der Waals surface area (Å²) < 4.78 is 1.72. The Morgan fingerprint density at radius 1 is 1.47 bits per heavy atom. The molecule has 0 atom stereocenters. The smallest absolute Gasteiger partial charge is 0.0717 e. The van der Waals surface area contributed by atoms with Crippen LogP contribution in [0.15, 0.2) is 30.6 Å². The molecule has 0 bridgehead atoms. The number of nitrogens with zero attached hydrogens (tertiary/aromatic N) is 2. The maximum absolute atomic E-state index is 9.24. The second kappa shape index (κ2) is 4.04. The van der Waals surface area contributed by atoms with Crippen molar-refractivity contribution in [3.8, 4) is 5.69 Å². The van der Waals surface area contributed by atoms with Gasteiger partial charge in [0.25, 0.3) is 0 Å². The molecule has 1 aromatic carbocycles. The zero-order valence-electron chi connectivity index (χ0n) is 8.31. The lowest BCUT2D eigenvalue weighted by molar-refractivity contribution is 0.281. The number of halogens is 1. The van der Waals surface area contributed by atoms with E-state index in [1.807, 2.05) is 25.3 Å². The molecule has 1 aromatic heterocycles. The number of hydrogen-bond donors (Lipinski definition) is 1. The van der Waals surface area contributed by atoms with Crippen molar-refractivity contribution in [2.24, 2.45) is 0 Å². The monoisotopic (exact) mass is 222 g/mol. The van der Waals surface area contributed by atoms with Crippen LogP contribution >= 0.6 is 11.6 Å². The summed E-state index contributed by atoms with van der Waals surface area (Å²) in [6, 6.07) is 5.48. The van der Waals surface area contributed by atoms with Crippen LogP contribution < -0.4 is 0 Å². The van der Waals surface area contributed by atoms with Crippen molar-refractivity contribution in [2.75, 3.05) is 0 Å². The Bertz CT molecular complexity index is 479. The third-order valence-corrected chi connectivity index (χ3v) is 2.56. The molecular weight excluding hydrogens is 212 g/mol. The predicted molar refractivity (Wildman–Crippen MR) is 59.2 cm³/mol. The highest BCUT2D eigenvalue weighted by molar-refractivity contribution is 6.31. The summed E-state index contributed by atoms with van der Waals surface area (Å²) >= 11 is 5.99. The fourth-order valence-electron chi connectivity index (χ4n) is 1.46. The Hall–Kier alpha value is -1.32. The molecule has 0 spiro atoms. The third-order valence-electron chi connectivity index (χ3n) is 2.21. The van der Waals surface area contributed by atoms with Crippen LogP contribution in [0, 0.1) is 6.92 Å². The van der Waals surface area contributed by atoms with Gasteiger partial charge in [0.15, 0.2) is 0 Å². The molecule has 4 heteroatoms. The van der Waals surface area contributed by atoms with Gasteiger partial charge in [-0.25, -0.2) is 4.68 Å². The van der Waals surface area contributed by atoms with Crippen LogP contribution in [-0.4, -0.2) is 14.9 Å². The summed E-state index contributed by atoms with van der Waals surface area (Å²) in [5.74, 6) is 0. The van der Waals surface area contributed by atoms with Crippen LogP contribution in [0.5, 0.6) is 0 Å². The van der Waals surface area contributed by atoms with E-state index in [0.29, 0.717) is 10.6 Å². The summed E-state index contributed by atoms with van der Waals surface area (Å²) in [4.78, 5) is 0. The fourth-order valence-corrected chi connectivity index (χ4v) is 1.69. The first kappa shape index (κ1) is 10.2. The van der Waals surface area contributed by atoms with Crippen LogP contribution in [-0.2, 0) is 6.61 Å². The van der Waals surface area contributed by atoms with Crippen molar-refractivity contribution in [3.05, 3.63) is 46.7 Å². The molecule has 0 radical (unpaired) electrons. The summed E-state index contributed by atoms with van der Waals surface area (Å²) in [7, 11) is 0. The first-order valence-corrected chi connectivity index (χ1v) is 5.00. The van der Waals surface area contributed by atoms with Crippen molar-refractivity contribution in [1.82, 2.24) is 9.78 Å². The number of hydrogen-bond acceptors (Lipinski definition) is 2. The summed E-state index contributed by atoms with van der Waals surface area (Å²) in [6.45, 7) is 1.88. The van der Waals surface area contributed by atoms with Gasteiger partial charge in [0.05, 0.1) is 18.5 Å². The topological polar surface area (TPSA) is 38.0 Å². The van der Waals surface area contributed by atoms with Crippen LogP contribution in [0.2, 0.25) is 5.02 Å². The number of aromatic nitrogens is 2. The number of aliphatic hydroxyl groups excluding tert-OH is 1. The van der Waals surface area contributed by atoms with E-state index in [4.69, 9.17) is 11.6 Å². The molecule has 1 heterocycles. The van der Waals surface area contributed by atoms with E-state index in [1.165, 1.54) is 0 Å². The molecule has 0 saturated carbocycles. The van der Waals surface area contributed by atoms with E-state index in [2.05, 4.69) is 5.10 Å². The molecule has 0 aliphatic carbocycles. The molecule has 15 heavy (non-hydrogen) atoms. The first-order valence-electron chi connectivity index (χ1n) is 4.62. The second-order valence-electron chi connectivity index (χ2n) is 3.36. The Kier molecular flexibility index (Phi) is 2.75. The lowest BCUT2D eigenvalue weighted by atomic mass is 10.2. The largest absolute Gasteiger partial charge is 0.392 e.